The molecule has 0 amide bonds. The Balaban J connectivity index is 1.74. The Morgan fingerprint density at radius 1 is 0.850 bits per heavy atom. The van der Waals surface area contributed by atoms with Crippen LogP contribution in [0.15, 0.2) is 77.7 Å². The largest absolute Gasteiger partial charge is 0.469 e. The molecule has 3 rings (SSSR count). The second-order valence-electron chi connectivity index (χ2n) is 10.3. The zero-order valence-corrected chi connectivity index (χ0v) is 24.7. The summed E-state index contributed by atoms with van der Waals surface area (Å²) in [5.41, 5.74) is 4.26. The van der Waals surface area contributed by atoms with Gasteiger partial charge in [-0.15, -0.1) is 0 Å². The Kier molecular flexibility index (Phi) is 10.9. The van der Waals surface area contributed by atoms with Gasteiger partial charge in [0, 0.05) is 0 Å². The zero-order chi connectivity index (χ0) is 29.3. The first kappa shape index (κ1) is 30.9. The molecule has 1 N–H and O–H groups in total. The summed E-state index contributed by atoms with van der Waals surface area (Å²) >= 11 is 0. The summed E-state index contributed by atoms with van der Waals surface area (Å²) in [5, 5.41) is 0. The van der Waals surface area contributed by atoms with Crippen LogP contribution in [-0.4, -0.2) is 27.5 Å². The van der Waals surface area contributed by atoms with E-state index >= 15 is 0 Å². The van der Waals surface area contributed by atoms with Crippen molar-refractivity contribution in [2.24, 2.45) is 11.8 Å². The number of anilines is 1. The number of aryl methyl sites for hydroxylation is 2. The summed E-state index contributed by atoms with van der Waals surface area (Å²) in [6.07, 6.45) is 1.30. The van der Waals surface area contributed by atoms with Crippen molar-refractivity contribution in [3.05, 3.63) is 95.1 Å². The van der Waals surface area contributed by atoms with Crippen LogP contribution >= 0.6 is 0 Å². The number of rotatable bonds is 13. The lowest BCUT2D eigenvalue weighted by Gasteiger charge is -2.23. The SMILES string of the molecule is CCC(CC(CC(C)c1ccc(S(=O)(=O)Nc2ccccc2C)cc1)C(=O)OCc1ccc(C)cc1)C(=O)OC. The zero-order valence-electron chi connectivity index (χ0n) is 23.8. The van der Waals surface area contributed by atoms with Crippen LogP contribution in [0.3, 0.4) is 0 Å². The van der Waals surface area contributed by atoms with Gasteiger partial charge < -0.3 is 9.47 Å². The van der Waals surface area contributed by atoms with Crippen molar-refractivity contribution in [1.82, 2.24) is 0 Å². The molecule has 0 aliphatic carbocycles. The minimum Gasteiger partial charge on any atom is -0.469 e. The van der Waals surface area contributed by atoms with Gasteiger partial charge >= 0.3 is 11.9 Å². The fourth-order valence-corrected chi connectivity index (χ4v) is 5.75. The Labute approximate surface area is 238 Å². The van der Waals surface area contributed by atoms with Gasteiger partial charge in [0.25, 0.3) is 10.0 Å². The minimum atomic E-state index is -3.76. The van der Waals surface area contributed by atoms with E-state index in [9.17, 15) is 18.0 Å². The second kappa shape index (κ2) is 14.1. The highest BCUT2D eigenvalue weighted by Gasteiger charge is 2.30. The van der Waals surface area contributed by atoms with E-state index in [0.29, 0.717) is 24.9 Å². The van der Waals surface area contributed by atoms with E-state index < -0.39 is 21.9 Å². The lowest BCUT2D eigenvalue weighted by Crippen LogP contribution is -2.26. The van der Waals surface area contributed by atoms with E-state index in [2.05, 4.69) is 4.72 Å². The molecule has 0 spiro atoms. The van der Waals surface area contributed by atoms with E-state index in [1.165, 1.54) is 7.11 Å². The average Bonchev–Trinajstić information content (AvgIpc) is 2.95. The molecule has 3 aromatic carbocycles. The maximum atomic E-state index is 13.2. The highest BCUT2D eigenvalue weighted by Crippen LogP contribution is 2.31. The fourth-order valence-electron chi connectivity index (χ4n) is 4.61. The summed E-state index contributed by atoms with van der Waals surface area (Å²) in [6.45, 7) is 7.86. The van der Waals surface area contributed by atoms with E-state index in [4.69, 9.17) is 9.47 Å². The van der Waals surface area contributed by atoms with E-state index in [1.54, 1.807) is 36.4 Å². The topological polar surface area (TPSA) is 98.8 Å². The Bertz CT molecular complexity index is 1380. The summed E-state index contributed by atoms with van der Waals surface area (Å²) in [7, 11) is -2.41. The molecule has 0 aliphatic heterocycles. The third-order valence-electron chi connectivity index (χ3n) is 7.22. The number of hydrogen-bond donors (Lipinski definition) is 1. The van der Waals surface area contributed by atoms with Gasteiger partial charge in [0.05, 0.1) is 29.5 Å². The van der Waals surface area contributed by atoms with Crippen molar-refractivity contribution in [3.8, 4) is 0 Å². The molecule has 0 heterocycles. The van der Waals surface area contributed by atoms with Crippen molar-refractivity contribution < 1.29 is 27.5 Å². The van der Waals surface area contributed by atoms with Gasteiger partial charge in [0.1, 0.15) is 6.61 Å². The number of sulfonamides is 1. The molecule has 0 bridgehead atoms. The van der Waals surface area contributed by atoms with Gasteiger partial charge in [0.15, 0.2) is 0 Å². The standard InChI is InChI=1S/C32H39NO6S/c1-6-26(31(34)38-5)20-28(32(35)39-21-25-13-11-22(2)12-14-25)19-24(4)27-15-17-29(18-16-27)40(36,37)33-30-10-8-7-9-23(30)3/h7-18,24,26,28,33H,6,19-21H2,1-5H3. The van der Waals surface area contributed by atoms with Gasteiger partial charge in [-0.05, 0) is 73.9 Å². The van der Waals surface area contributed by atoms with Crippen LogP contribution in [0, 0.1) is 25.7 Å². The van der Waals surface area contributed by atoms with Crippen LogP contribution in [-0.2, 0) is 35.7 Å². The first-order chi connectivity index (χ1) is 19.0. The van der Waals surface area contributed by atoms with Crippen LogP contribution < -0.4 is 4.72 Å². The van der Waals surface area contributed by atoms with Gasteiger partial charge in [-0.1, -0.05) is 74.0 Å². The molecule has 3 atom stereocenters. The van der Waals surface area contributed by atoms with Crippen molar-refractivity contribution in [2.45, 2.75) is 64.4 Å². The normalized spacial score (nSPS) is 13.6. The Hall–Kier alpha value is -3.65. The summed E-state index contributed by atoms with van der Waals surface area (Å²) in [5.74, 6) is -1.75. The molecular formula is C32H39NO6S. The summed E-state index contributed by atoms with van der Waals surface area (Å²) < 4.78 is 39.2. The number of benzene rings is 3. The van der Waals surface area contributed by atoms with Crippen LogP contribution in [0.2, 0.25) is 0 Å². The molecule has 0 saturated heterocycles. The fraction of sp³-hybridized carbons (Fsp3) is 0.375. The molecule has 40 heavy (non-hydrogen) atoms. The van der Waals surface area contributed by atoms with Crippen LogP contribution in [0.1, 0.15) is 61.3 Å². The highest BCUT2D eigenvalue weighted by molar-refractivity contribution is 7.92. The third-order valence-corrected chi connectivity index (χ3v) is 8.60. The van der Waals surface area contributed by atoms with Crippen LogP contribution in [0.25, 0.3) is 0 Å². The quantitative estimate of drug-likeness (QED) is 0.236. The van der Waals surface area contributed by atoms with E-state index in [-0.39, 0.29) is 29.4 Å². The maximum absolute atomic E-state index is 13.2. The van der Waals surface area contributed by atoms with Crippen LogP contribution in [0.4, 0.5) is 5.69 Å². The Morgan fingerprint density at radius 3 is 2.10 bits per heavy atom. The predicted molar refractivity (Wildman–Crippen MR) is 156 cm³/mol. The Morgan fingerprint density at radius 2 is 1.50 bits per heavy atom. The van der Waals surface area contributed by atoms with Gasteiger partial charge in [-0.3, -0.25) is 14.3 Å². The number of hydrogen-bond acceptors (Lipinski definition) is 6. The van der Waals surface area contributed by atoms with Crippen molar-refractivity contribution >= 4 is 27.6 Å². The molecule has 0 aromatic heterocycles. The first-order valence-corrected chi connectivity index (χ1v) is 15.0. The number of ether oxygens (including phenoxy) is 2. The van der Waals surface area contributed by atoms with Gasteiger partial charge in [-0.25, -0.2) is 8.42 Å². The molecule has 214 valence electrons. The smallest absolute Gasteiger partial charge is 0.309 e. The van der Waals surface area contributed by atoms with E-state index in [1.807, 2.05) is 64.1 Å². The molecule has 0 saturated carbocycles. The first-order valence-electron chi connectivity index (χ1n) is 13.5. The van der Waals surface area contributed by atoms with Crippen LogP contribution in [0.5, 0.6) is 0 Å². The molecule has 8 heteroatoms. The molecule has 3 unspecified atom stereocenters. The van der Waals surface area contributed by atoms with Gasteiger partial charge in [0.2, 0.25) is 0 Å². The second-order valence-corrected chi connectivity index (χ2v) is 12.0. The third kappa shape index (κ3) is 8.42. The lowest BCUT2D eigenvalue weighted by molar-refractivity contribution is -0.153. The predicted octanol–water partition coefficient (Wildman–Crippen LogP) is 6.55. The number of methoxy groups -OCH3 is 1. The van der Waals surface area contributed by atoms with Gasteiger partial charge in [-0.2, -0.15) is 0 Å². The van der Waals surface area contributed by atoms with Crippen molar-refractivity contribution in [1.29, 1.82) is 0 Å². The molecular weight excluding hydrogens is 526 g/mol. The maximum Gasteiger partial charge on any atom is 0.309 e. The van der Waals surface area contributed by atoms with Crippen molar-refractivity contribution in [2.75, 3.05) is 11.8 Å². The molecule has 7 nitrogen and oxygen atoms in total. The van der Waals surface area contributed by atoms with Crippen molar-refractivity contribution in [3.63, 3.8) is 0 Å². The highest BCUT2D eigenvalue weighted by atomic mass is 32.2. The minimum absolute atomic E-state index is 0.0897. The molecule has 0 radical (unpaired) electrons. The number of nitrogens with one attached hydrogen (secondary N) is 1. The molecule has 0 fully saturated rings. The number of carbonyl (C=O) groups is 2. The average molecular weight is 566 g/mol. The lowest BCUT2D eigenvalue weighted by atomic mass is 9.84. The van der Waals surface area contributed by atoms with E-state index in [0.717, 1.165) is 22.3 Å². The number of carbonyl (C=O) groups excluding carboxylic acids is 2. The number of para-hydroxylation sites is 1. The molecule has 3 aromatic rings. The summed E-state index contributed by atoms with van der Waals surface area (Å²) in [6, 6.07) is 21.6. The number of esters is 2. The molecule has 0 aliphatic rings. The monoisotopic (exact) mass is 565 g/mol. The summed E-state index contributed by atoms with van der Waals surface area (Å²) in [4.78, 5) is 25.7.